The van der Waals surface area contributed by atoms with Gasteiger partial charge in [-0.3, -0.25) is 4.98 Å². The van der Waals surface area contributed by atoms with Crippen LogP contribution in [0.3, 0.4) is 0 Å². The van der Waals surface area contributed by atoms with Gasteiger partial charge in [0.1, 0.15) is 0 Å². The maximum atomic E-state index is 4.53. The summed E-state index contributed by atoms with van der Waals surface area (Å²) in [6.07, 6.45) is 6.09. The minimum absolute atomic E-state index is 0. The highest BCUT2D eigenvalue weighted by molar-refractivity contribution is 5.92. The number of nitrogens with zero attached hydrogens (tertiary/aromatic N) is 2. The molecule has 0 aliphatic heterocycles. The SMILES string of the molecule is Cc1c(C)n(C)c2c(C=Cc3ccccc3)nccc12.Cl. The monoisotopic (exact) mass is 298 g/mol. The molecule has 0 spiro atoms. The van der Waals surface area contributed by atoms with E-state index in [2.05, 4.69) is 60.8 Å². The number of hydrogen-bond acceptors (Lipinski definition) is 1. The summed E-state index contributed by atoms with van der Waals surface area (Å²) in [5.74, 6) is 0. The molecule has 0 radical (unpaired) electrons. The van der Waals surface area contributed by atoms with Crippen molar-refractivity contribution in [3.8, 4) is 0 Å². The highest BCUT2D eigenvalue weighted by atomic mass is 35.5. The maximum Gasteiger partial charge on any atom is 0.0872 e. The Morgan fingerprint density at radius 1 is 1.00 bits per heavy atom. The van der Waals surface area contributed by atoms with Gasteiger partial charge in [0.2, 0.25) is 0 Å². The highest BCUT2D eigenvalue weighted by Crippen LogP contribution is 2.26. The van der Waals surface area contributed by atoms with E-state index >= 15 is 0 Å². The molecule has 3 aromatic rings. The molecule has 3 rings (SSSR count). The largest absolute Gasteiger partial charge is 0.346 e. The van der Waals surface area contributed by atoms with Crippen LogP contribution in [0.2, 0.25) is 0 Å². The van der Waals surface area contributed by atoms with Gasteiger partial charge in [-0.05, 0) is 37.1 Å². The number of halogens is 1. The average molecular weight is 299 g/mol. The normalized spacial score (nSPS) is 11.0. The number of aromatic nitrogens is 2. The van der Waals surface area contributed by atoms with Crippen LogP contribution >= 0.6 is 12.4 Å². The van der Waals surface area contributed by atoms with E-state index in [1.807, 2.05) is 24.4 Å². The lowest BCUT2D eigenvalue weighted by molar-refractivity contribution is 0.906. The van der Waals surface area contributed by atoms with Gasteiger partial charge in [0, 0.05) is 24.3 Å². The van der Waals surface area contributed by atoms with Crippen LogP contribution in [0.15, 0.2) is 42.6 Å². The number of hydrogen-bond donors (Lipinski definition) is 0. The Morgan fingerprint density at radius 2 is 1.71 bits per heavy atom. The van der Waals surface area contributed by atoms with Crippen molar-refractivity contribution in [3.63, 3.8) is 0 Å². The van der Waals surface area contributed by atoms with Crippen molar-refractivity contribution in [2.75, 3.05) is 0 Å². The third-order valence-electron chi connectivity index (χ3n) is 3.97. The number of benzene rings is 1. The fourth-order valence-corrected chi connectivity index (χ4v) is 2.60. The third kappa shape index (κ3) is 2.72. The molecule has 1 aromatic carbocycles. The second-order valence-corrected chi connectivity index (χ2v) is 5.11. The fraction of sp³-hybridized carbons (Fsp3) is 0.167. The summed E-state index contributed by atoms with van der Waals surface area (Å²) in [5, 5.41) is 1.28. The van der Waals surface area contributed by atoms with Crippen LogP contribution in [-0.4, -0.2) is 9.55 Å². The Kier molecular flexibility index (Phi) is 4.49. The molecule has 0 saturated heterocycles. The summed E-state index contributed by atoms with van der Waals surface area (Å²) in [7, 11) is 2.10. The quantitative estimate of drug-likeness (QED) is 0.665. The first-order valence-corrected chi connectivity index (χ1v) is 6.82. The molecular weight excluding hydrogens is 280 g/mol. The lowest BCUT2D eigenvalue weighted by atomic mass is 10.1. The Labute approximate surface area is 131 Å². The van der Waals surface area contributed by atoms with E-state index in [0.717, 1.165) is 5.69 Å². The first-order valence-electron chi connectivity index (χ1n) is 6.82. The molecule has 0 N–H and O–H groups in total. The summed E-state index contributed by atoms with van der Waals surface area (Å²) in [5.41, 5.74) is 6.04. The number of fused-ring (bicyclic) bond motifs is 1. The van der Waals surface area contributed by atoms with Crippen molar-refractivity contribution >= 4 is 35.5 Å². The smallest absolute Gasteiger partial charge is 0.0872 e. The van der Waals surface area contributed by atoms with E-state index in [0.29, 0.717) is 0 Å². The van der Waals surface area contributed by atoms with Crippen LogP contribution in [0.4, 0.5) is 0 Å². The summed E-state index contributed by atoms with van der Waals surface area (Å²) < 4.78 is 2.22. The standard InChI is InChI=1S/C18H18N2.ClH/c1-13-14(2)20(3)18-16(13)11-12-19-17(18)10-9-15-7-5-4-6-8-15;/h4-12H,1-3H3;1H. The van der Waals surface area contributed by atoms with Gasteiger partial charge >= 0.3 is 0 Å². The fourth-order valence-electron chi connectivity index (χ4n) is 2.60. The van der Waals surface area contributed by atoms with Gasteiger partial charge in [0.15, 0.2) is 0 Å². The van der Waals surface area contributed by atoms with E-state index in [4.69, 9.17) is 0 Å². The van der Waals surface area contributed by atoms with Gasteiger partial charge in [-0.2, -0.15) is 0 Å². The molecule has 108 valence electrons. The van der Waals surface area contributed by atoms with Gasteiger partial charge in [0.05, 0.1) is 11.2 Å². The highest BCUT2D eigenvalue weighted by Gasteiger charge is 2.10. The van der Waals surface area contributed by atoms with Gasteiger partial charge < -0.3 is 4.57 Å². The second-order valence-electron chi connectivity index (χ2n) is 5.11. The molecule has 0 amide bonds. The molecule has 0 unspecified atom stereocenters. The Balaban J connectivity index is 0.00000161. The Morgan fingerprint density at radius 3 is 2.43 bits per heavy atom. The second kappa shape index (κ2) is 6.15. The van der Waals surface area contributed by atoms with Crippen LogP contribution in [0, 0.1) is 13.8 Å². The number of aryl methyl sites for hydroxylation is 2. The minimum Gasteiger partial charge on any atom is -0.346 e. The third-order valence-corrected chi connectivity index (χ3v) is 3.97. The summed E-state index contributed by atoms with van der Waals surface area (Å²) in [6, 6.07) is 12.4. The van der Waals surface area contributed by atoms with Crippen molar-refractivity contribution in [1.29, 1.82) is 0 Å². The van der Waals surface area contributed by atoms with Crippen LogP contribution in [-0.2, 0) is 7.05 Å². The lowest BCUT2D eigenvalue weighted by Crippen LogP contribution is -1.93. The van der Waals surface area contributed by atoms with E-state index in [-0.39, 0.29) is 12.4 Å². The molecule has 0 atom stereocenters. The molecule has 0 aliphatic carbocycles. The summed E-state index contributed by atoms with van der Waals surface area (Å²) in [6.45, 7) is 4.32. The lowest BCUT2D eigenvalue weighted by Gasteiger charge is -2.02. The maximum absolute atomic E-state index is 4.53. The predicted octanol–water partition coefficient (Wildman–Crippen LogP) is 4.78. The van der Waals surface area contributed by atoms with E-state index in [1.54, 1.807) is 0 Å². The zero-order valence-electron chi connectivity index (χ0n) is 12.5. The molecule has 2 heterocycles. The van der Waals surface area contributed by atoms with Gasteiger partial charge in [-0.15, -0.1) is 12.4 Å². The van der Waals surface area contributed by atoms with Crippen molar-refractivity contribution < 1.29 is 0 Å². The molecular formula is C18H19ClN2. The minimum atomic E-state index is 0. The summed E-state index contributed by atoms with van der Waals surface area (Å²) >= 11 is 0. The van der Waals surface area contributed by atoms with Gasteiger partial charge in [0.25, 0.3) is 0 Å². The number of pyridine rings is 1. The first-order chi connectivity index (χ1) is 9.68. The van der Waals surface area contributed by atoms with Gasteiger partial charge in [-0.25, -0.2) is 0 Å². The van der Waals surface area contributed by atoms with Crippen LogP contribution in [0.1, 0.15) is 22.5 Å². The molecule has 0 saturated carbocycles. The van der Waals surface area contributed by atoms with Crippen LogP contribution in [0.5, 0.6) is 0 Å². The Hall–Kier alpha value is -2.06. The molecule has 21 heavy (non-hydrogen) atoms. The van der Waals surface area contributed by atoms with Gasteiger partial charge in [-0.1, -0.05) is 36.4 Å². The van der Waals surface area contributed by atoms with E-state index in [9.17, 15) is 0 Å². The molecule has 0 aliphatic rings. The van der Waals surface area contributed by atoms with E-state index < -0.39 is 0 Å². The topological polar surface area (TPSA) is 17.8 Å². The molecule has 2 nitrogen and oxygen atoms in total. The van der Waals surface area contributed by atoms with Crippen molar-refractivity contribution in [3.05, 3.63) is 65.1 Å². The van der Waals surface area contributed by atoms with Crippen molar-refractivity contribution in [1.82, 2.24) is 9.55 Å². The molecule has 0 bridgehead atoms. The summed E-state index contributed by atoms with van der Waals surface area (Å²) in [4.78, 5) is 4.53. The molecule has 3 heteroatoms. The van der Waals surface area contributed by atoms with Crippen molar-refractivity contribution in [2.24, 2.45) is 7.05 Å². The van der Waals surface area contributed by atoms with Crippen LogP contribution in [0.25, 0.3) is 23.1 Å². The van der Waals surface area contributed by atoms with E-state index in [1.165, 1.54) is 27.7 Å². The average Bonchev–Trinajstić information content (AvgIpc) is 2.72. The number of rotatable bonds is 2. The Bertz CT molecular complexity index is 786. The zero-order chi connectivity index (χ0) is 14.1. The van der Waals surface area contributed by atoms with Crippen LogP contribution < -0.4 is 0 Å². The molecule has 2 aromatic heterocycles. The zero-order valence-corrected chi connectivity index (χ0v) is 13.3. The van der Waals surface area contributed by atoms with Crippen molar-refractivity contribution in [2.45, 2.75) is 13.8 Å². The molecule has 0 fully saturated rings. The predicted molar refractivity (Wildman–Crippen MR) is 92.8 cm³/mol. The first kappa shape index (κ1) is 15.3.